The van der Waals surface area contributed by atoms with Crippen molar-refractivity contribution in [2.75, 3.05) is 0 Å². The number of esters is 1. The number of allylic oxidation sites excluding steroid dienone is 1. The molecule has 0 bridgehead atoms. The normalized spacial score (nSPS) is 20.7. The van der Waals surface area contributed by atoms with Crippen molar-refractivity contribution < 1.29 is 9.53 Å². The van der Waals surface area contributed by atoms with Gasteiger partial charge in [0.05, 0.1) is 5.92 Å². The van der Waals surface area contributed by atoms with Gasteiger partial charge in [0.1, 0.15) is 5.76 Å². The van der Waals surface area contributed by atoms with Gasteiger partial charge in [-0.1, -0.05) is 80.4 Å². The van der Waals surface area contributed by atoms with E-state index in [0.29, 0.717) is 5.76 Å². The molecule has 2 aromatic carbocycles. The number of unbranched alkanes of at least 4 members (excludes halogenated alkanes) is 1. The maximum absolute atomic E-state index is 12.6. The minimum absolute atomic E-state index is 0.0826. The van der Waals surface area contributed by atoms with Crippen molar-refractivity contribution in [2.24, 2.45) is 5.92 Å². The minimum atomic E-state index is -0.103. The van der Waals surface area contributed by atoms with Crippen LogP contribution in [0.15, 0.2) is 66.7 Å². The van der Waals surface area contributed by atoms with Crippen LogP contribution >= 0.6 is 0 Å². The molecule has 0 amide bonds. The van der Waals surface area contributed by atoms with E-state index in [1.54, 1.807) is 0 Å². The molecule has 0 saturated carbocycles. The van der Waals surface area contributed by atoms with Crippen LogP contribution in [0.4, 0.5) is 0 Å². The largest absolute Gasteiger partial charge is 0.426 e. The third kappa shape index (κ3) is 3.53. The standard InChI is InChI=1S/C21H22O2/c1-2-3-14-18-19(16-10-6-4-7-11-16)15-20(23-21(18)22)17-12-8-5-9-13-17/h4-13,15,18-19H,2-3,14H2,1H3/t18-,19+/m0/s1. The van der Waals surface area contributed by atoms with Gasteiger partial charge in [0.25, 0.3) is 0 Å². The van der Waals surface area contributed by atoms with Gasteiger partial charge in [-0.3, -0.25) is 4.79 Å². The van der Waals surface area contributed by atoms with Crippen molar-refractivity contribution in [3.63, 3.8) is 0 Å². The third-order valence-electron chi connectivity index (χ3n) is 4.39. The summed E-state index contributed by atoms with van der Waals surface area (Å²) in [6.07, 6.45) is 5.11. The Hall–Kier alpha value is -2.35. The molecule has 0 fully saturated rings. The summed E-state index contributed by atoms with van der Waals surface area (Å²) in [7, 11) is 0. The zero-order chi connectivity index (χ0) is 16.1. The molecule has 3 rings (SSSR count). The summed E-state index contributed by atoms with van der Waals surface area (Å²) in [6, 6.07) is 20.1. The Morgan fingerprint density at radius 3 is 2.26 bits per heavy atom. The van der Waals surface area contributed by atoms with Crippen molar-refractivity contribution in [3.05, 3.63) is 77.9 Å². The number of rotatable bonds is 5. The van der Waals surface area contributed by atoms with Crippen molar-refractivity contribution >= 4 is 11.7 Å². The average molecular weight is 306 g/mol. The summed E-state index contributed by atoms with van der Waals surface area (Å²) >= 11 is 0. The highest BCUT2D eigenvalue weighted by Crippen LogP contribution is 2.38. The molecule has 0 aliphatic carbocycles. The van der Waals surface area contributed by atoms with Gasteiger partial charge in [0.15, 0.2) is 0 Å². The minimum Gasteiger partial charge on any atom is -0.426 e. The molecule has 2 aromatic rings. The maximum Gasteiger partial charge on any atom is 0.315 e. The Labute approximate surface area is 137 Å². The van der Waals surface area contributed by atoms with Crippen LogP contribution < -0.4 is 0 Å². The van der Waals surface area contributed by atoms with Crippen LogP contribution in [0, 0.1) is 5.92 Å². The smallest absolute Gasteiger partial charge is 0.315 e. The number of benzene rings is 2. The molecule has 0 N–H and O–H groups in total. The second kappa shape index (κ2) is 7.28. The van der Waals surface area contributed by atoms with E-state index in [1.165, 1.54) is 5.56 Å². The first-order valence-corrected chi connectivity index (χ1v) is 8.33. The lowest BCUT2D eigenvalue weighted by molar-refractivity contribution is -0.143. The van der Waals surface area contributed by atoms with E-state index >= 15 is 0 Å². The first-order chi connectivity index (χ1) is 11.3. The van der Waals surface area contributed by atoms with E-state index in [4.69, 9.17) is 4.74 Å². The molecule has 2 heteroatoms. The van der Waals surface area contributed by atoms with Gasteiger partial charge in [-0.15, -0.1) is 0 Å². The fraction of sp³-hybridized carbons (Fsp3) is 0.286. The Kier molecular flexibility index (Phi) is 4.92. The van der Waals surface area contributed by atoms with E-state index in [0.717, 1.165) is 24.8 Å². The van der Waals surface area contributed by atoms with Gasteiger partial charge in [-0.2, -0.15) is 0 Å². The second-order valence-corrected chi connectivity index (χ2v) is 6.00. The average Bonchev–Trinajstić information content (AvgIpc) is 2.61. The fourth-order valence-corrected chi connectivity index (χ4v) is 3.13. The molecular weight excluding hydrogens is 284 g/mol. The van der Waals surface area contributed by atoms with Crippen molar-refractivity contribution in [1.82, 2.24) is 0 Å². The zero-order valence-corrected chi connectivity index (χ0v) is 13.4. The monoisotopic (exact) mass is 306 g/mol. The highest BCUT2D eigenvalue weighted by atomic mass is 16.5. The SMILES string of the molecule is CCCC[C@@H]1C(=O)OC(c2ccccc2)=C[C@@H]1c1ccccc1. The van der Waals surface area contributed by atoms with Gasteiger partial charge < -0.3 is 4.74 Å². The van der Waals surface area contributed by atoms with Crippen LogP contribution in [0.25, 0.3) is 5.76 Å². The lowest BCUT2D eigenvalue weighted by Gasteiger charge is -2.29. The predicted molar refractivity (Wildman–Crippen MR) is 92.7 cm³/mol. The van der Waals surface area contributed by atoms with Crippen LogP contribution in [0.5, 0.6) is 0 Å². The number of hydrogen-bond donors (Lipinski definition) is 0. The first-order valence-electron chi connectivity index (χ1n) is 8.33. The van der Waals surface area contributed by atoms with E-state index in [9.17, 15) is 4.79 Å². The van der Waals surface area contributed by atoms with E-state index in [2.05, 4.69) is 25.1 Å². The summed E-state index contributed by atoms with van der Waals surface area (Å²) in [4.78, 5) is 12.6. The lowest BCUT2D eigenvalue weighted by Crippen LogP contribution is -2.27. The van der Waals surface area contributed by atoms with E-state index in [1.807, 2.05) is 48.5 Å². The Bertz CT molecular complexity index is 674. The summed E-state index contributed by atoms with van der Waals surface area (Å²) in [5.41, 5.74) is 2.13. The van der Waals surface area contributed by atoms with Gasteiger partial charge in [0, 0.05) is 11.5 Å². The Morgan fingerprint density at radius 2 is 1.61 bits per heavy atom. The van der Waals surface area contributed by atoms with Crippen LogP contribution in [0.3, 0.4) is 0 Å². The molecule has 0 unspecified atom stereocenters. The molecule has 118 valence electrons. The molecule has 0 aromatic heterocycles. The number of hydrogen-bond acceptors (Lipinski definition) is 2. The fourth-order valence-electron chi connectivity index (χ4n) is 3.13. The van der Waals surface area contributed by atoms with Gasteiger partial charge in [-0.05, 0) is 18.1 Å². The number of carbonyl (C=O) groups excluding carboxylic acids is 1. The molecule has 0 radical (unpaired) electrons. The molecular formula is C21H22O2. The maximum atomic E-state index is 12.6. The van der Waals surface area contributed by atoms with Crippen LogP contribution in [0.2, 0.25) is 0 Å². The predicted octanol–water partition coefficient (Wildman–Crippen LogP) is 5.17. The molecule has 1 heterocycles. The quantitative estimate of drug-likeness (QED) is 0.712. The summed E-state index contributed by atoms with van der Waals surface area (Å²) in [5, 5.41) is 0. The van der Waals surface area contributed by atoms with Crippen LogP contribution in [-0.4, -0.2) is 5.97 Å². The molecule has 2 atom stereocenters. The van der Waals surface area contributed by atoms with Crippen LogP contribution in [0.1, 0.15) is 43.2 Å². The Balaban J connectivity index is 1.98. The summed E-state index contributed by atoms with van der Waals surface area (Å²) in [5.74, 6) is 0.565. The number of ether oxygens (including phenoxy) is 1. The highest BCUT2D eigenvalue weighted by molar-refractivity contribution is 5.84. The zero-order valence-electron chi connectivity index (χ0n) is 13.4. The molecule has 1 aliphatic heterocycles. The summed E-state index contributed by atoms with van der Waals surface area (Å²) in [6.45, 7) is 2.15. The second-order valence-electron chi connectivity index (χ2n) is 6.00. The van der Waals surface area contributed by atoms with Gasteiger partial charge in [0.2, 0.25) is 0 Å². The third-order valence-corrected chi connectivity index (χ3v) is 4.39. The summed E-state index contributed by atoms with van der Waals surface area (Å²) < 4.78 is 5.66. The first kappa shape index (κ1) is 15.5. The molecule has 2 nitrogen and oxygen atoms in total. The van der Waals surface area contributed by atoms with Gasteiger partial charge >= 0.3 is 5.97 Å². The van der Waals surface area contributed by atoms with E-state index < -0.39 is 0 Å². The van der Waals surface area contributed by atoms with E-state index in [-0.39, 0.29) is 17.8 Å². The molecule has 23 heavy (non-hydrogen) atoms. The molecule has 1 aliphatic rings. The van der Waals surface area contributed by atoms with Crippen molar-refractivity contribution in [2.45, 2.75) is 32.1 Å². The Morgan fingerprint density at radius 1 is 0.957 bits per heavy atom. The number of carbonyl (C=O) groups is 1. The lowest BCUT2D eigenvalue weighted by atomic mass is 9.80. The van der Waals surface area contributed by atoms with Gasteiger partial charge in [-0.25, -0.2) is 0 Å². The molecule has 0 spiro atoms. The van der Waals surface area contributed by atoms with Crippen molar-refractivity contribution in [3.8, 4) is 0 Å². The molecule has 0 saturated heterocycles. The number of cyclic esters (lactones) is 1. The van der Waals surface area contributed by atoms with Crippen LogP contribution in [-0.2, 0) is 9.53 Å². The van der Waals surface area contributed by atoms with Crippen molar-refractivity contribution in [1.29, 1.82) is 0 Å². The topological polar surface area (TPSA) is 26.3 Å². The highest BCUT2D eigenvalue weighted by Gasteiger charge is 2.34.